The molecule has 0 radical (unpaired) electrons. The average molecular weight is 243 g/mol. The maximum Gasteiger partial charge on any atom is 0.101 e. The Morgan fingerprint density at radius 2 is 2.00 bits per heavy atom. The lowest BCUT2D eigenvalue weighted by Gasteiger charge is -2.36. The van der Waals surface area contributed by atoms with E-state index in [0.717, 1.165) is 29.9 Å². The van der Waals surface area contributed by atoms with E-state index >= 15 is 0 Å². The van der Waals surface area contributed by atoms with Gasteiger partial charge in [0, 0.05) is 13.1 Å². The third kappa shape index (κ3) is 2.65. The molecule has 3 heteroatoms. The van der Waals surface area contributed by atoms with Crippen molar-refractivity contribution in [2.45, 2.75) is 25.8 Å². The Bertz CT molecular complexity index is 453. The fourth-order valence-electron chi connectivity index (χ4n) is 2.63. The molecule has 0 aliphatic carbocycles. The molecule has 0 unspecified atom stereocenters. The van der Waals surface area contributed by atoms with E-state index in [2.05, 4.69) is 42.1 Å². The van der Waals surface area contributed by atoms with Gasteiger partial charge in [-0.2, -0.15) is 5.26 Å². The van der Waals surface area contributed by atoms with E-state index in [9.17, 15) is 5.26 Å². The number of hydrogen-bond donors (Lipinski definition) is 0. The smallest absolute Gasteiger partial charge is 0.101 e. The van der Waals surface area contributed by atoms with Crippen molar-refractivity contribution < 1.29 is 0 Å². The summed E-state index contributed by atoms with van der Waals surface area (Å²) in [7, 11) is 4.28. The van der Waals surface area contributed by atoms with E-state index in [1.54, 1.807) is 0 Å². The minimum absolute atomic E-state index is 0.552. The Kier molecular flexibility index (Phi) is 3.88. The van der Waals surface area contributed by atoms with E-state index in [4.69, 9.17) is 0 Å². The second kappa shape index (κ2) is 5.41. The summed E-state index contributed by atoms with van der Waals surface area (Å²) < 4.78 is 0. The maximum atomic E-state index is 9.25. The molecule has 0 aromatic heterocycles. The quantitative estimate of drug-likeness (QED) is 0.799. The molecule has 0 amide bonds. The Hall–Kier alpha value is -1.53. The van der Waals surface area contributed by atoms with Crippen LogP contribution in [0.3, 0.4) is 0 Å². The summed E-state index contributed by atoms with van der Waals surface area (Å²) in [6, 6.07) is 9.00. The van der Waals surface area contributed by atoms with Crippen molar-refractivity contribution in [1.82, 2.24) is 4.90 Å². The van der Waals surface area contributed by atoms with Crippen LogP contribution in [0.2, 0.25) is 0 Å². The zero-order chi connectivity index (χ0) is 13.1. The minimum atomic E-state index is 0.552. The largest absolute Gasteiger partial charge is 0.370 e. The lowest BCUT2D eigenvalue weighted by molar-refractivity contribution is 0.253. The van der Waals surface area contributed by atoms with Gasteiger partial charge in [-0.15, -0.1) is 0 Å². The van der Waals surface area contributed by atoms with E-state index in [0.29, 0.717) is 6.04 Å². The molecule has 1 fully saturated rings. The van der Waals surface area contributed by atoms with Gasteiger partial charge >= 0.3 is 0 Å². The SMILES string of the molecule is Cc1ccc(N(C)C2CCN(C)CC2)c(C#N)c1. The number of rotatable bonds is 2. The van der Waals surface area contributed by atoms with E-state index in [1.807, 2.05) is 13.0 Å². The van der Waals surface area contributed by atoms with Crippen LogP contribution in [-0.4, -0.2) is 38.1 Å². The first kappa shape index (κ1) is 12.9. The number of nitrogens with zero attached hydrogens (tertiary/aromatic N) is 3. The number of benzene rings is 1. The third-order valence-electron chi connectivity index (χ3n) is 3.89. The van der Waals surface area contributed by atoms with Crippen molar-refractivity contribution in [1.29, 1.82) is 5.26 Å². The predicted molar refractivity (Wildman–Crippen MR) is 74.8 cm³/mol. The zero-order valence-corrected chi connectivity index (χ0v) is 11.5. The van der Waals surface area contributed by atoms with Gasteiger partial charge in [0.15, 0.2) is 0 Å². The van der Waals surface area contributed by atoms with Crippen LogP contribution >= 0.6 is 0 Å². The first-order chi connectivity index (χ1) is 8.61. The summed E-state index contributed by atoms with van der Waals surface area (Å²) in [5.74, 6) is 0. The Morgan fingerprint density at radius 3 is 2.61 bits per heavy atom. The van der Waals surface area contributed by atoms with Crippen molar-refractivity contribution in [3.63, 3.8) is 0 Å². The highest BCUT2D eigenvalue weighted by Crippen LogP contribution is 2.25. The lowest BCUT2D eigenvalue weighted by atomic mass is 10.0. The summed E-state index contributed by atoms with van der Waals surface area (Å²) in [5, 5.41) is 9.25. The normalized spacial score (nSPS) is 17.4. The number of piperidine rings is 1. The number of hydrogen-bond acceptors (Lipinski definition) is 3. The Labute approximate surface area is 110 Å². The number of aryl methyl sites for hydroxylation is 1. The van der Waals surface area contributed by atoms with Gasteiger partial charge in [0.05, 0.1) is 11.3 Å². The molecule has 0 bridgehead atoms. The number of likely N-dealkylation sites (tertiary alicyclic amines) is 1. The molecule has 3 nitrogen and oxygen atoms in total. The van der Waals surface area contributed by atoms with Crippen molar-refractivity contribution in [3.05, 3.63) is 29.3 Å². The summed E-state index contributed by atoms with van der Waals surface area (Å²) in [5.41, 5.74) is 3.00. The maximum absolute atomic E-state index is 9.25. The van der Waals surface area contributed by atoms with Gasteiger partial charge in [0.25, 0.3) is 0 Å². The summed E-state index contributed by atoms with van der Waals surface area (Å²) >= 11 is 0. The standard InChI is InChI=1S/C15H21N3/c1-12-4-5-15(13(10-12)11-16)18(3)14-6-8-17(2)9-7-14/h4-5,10,14H,6-9H2,1-3H3. The molecule has 0 spiro atoms. The molecule has 96 valence electrons. The highest BCUT2D eigenvalue weighted by Gasteiger charge is 2.22. The molecule has 1 aromatic carbocycles. The van der Waals surface area contributed by atoms with Crippen LogP contribution in [0.15, 0.2) is 18.2 Å². The molecule has 1 aliphatic heterocycles. The molecule has 1 aromatic rings. The molecule has 1 heterocycles. The number of nitriles is 1. The summed E-state index contributed by atoms with van der Waals surface area (Å²) in [6.45, 7) is 4.31. The second-order valence-corrected chi connectivity index (χ2v) is 5.28. The molecule has 18 heavy (non-hydrogen) atoms. The van der Waals surface area contributed by atoms with E-state index in [-0.39, 0.29) is 0 Å². The topological polar surface area (TPSA) is 30.3 Å². The van der Waals surface area contributed by atoms with Crippen LogP contribution in [0.4, 0.5) is 5.69 Å². The monoisotopic (exact) mass is 243 g/mol. The van der Waals surface area contributed by atoms with Crippen LogP contribution in [0.1, 0.15) is 24.0 Å². The summed E-state index contributed by atoms with van der Waals surface area (Å²) in [6.07, 6.45) is 2.34. The lowest BCUT2D eigenvalue weighted by Crippen LogP contribution is -2.42. The fraction of sp³-hybridized carbons (Fsp3) is 0.533. The highest BCUT2D eigenvalue weighted by atomic mass is 15.2. The third-order valence-corrected chi connectivity index (χ3v) is 3.89. The molecule has 0 atom stereocenters. The van der Waals surface area contributed by atoms with Crippen molar-refractivity contribution in [2.75, 3.05) is 32.1 Å². The molecular formula is C15H21N3. The average Bonchev–Trinajstić information content (AvgIpc) is 2.38. The van der Waals surface area contributed by atoms with Crippen LogP contribution in [0.25, 0.3) is 0 Å². The first-order valence-electron chi connectivity index (χ1n) is 6.54. The van der Waals surface area contributed by atoms with Crippen molar-refractivity contribution >= 4 is 5.69 Å². The van der Waals surface area contributed by atoms with Gasteiger partial charge in [-0.05, 0) is 57.6 Å². The van der Waals surface area contributed by atoms with E-state index < -0.39 is 0 Å². The highest BCUT2D eigenvalue weighted by molar-refractivity contribution is 5.60. The van der Waals surface area contributed by atoms with Crippen LogP contribution in [0.5, 0.6) is 0 Å². The van der Waals surface area contributed by atoms with Crippen molar-refractivity contribution in [2.24, 2.45) is 0 Å². The first-order valence-corrected chi connectivity index (χ1v) is 6.54. The van der Waals surface area contributed by atoms with Gasteiger partial charge in [0.2, 0.25) is 0 Å². The van der Waals surface area contributed by atoms with Gasteiger partial charge in [-0.25, -0.2) is 0 Å². The molecule has 1 saturated heterocycles. The molecular weight excluding hydrogens is 222 g/mol. The van der Waals surface area contributed by atoms with Crippen LogP contribution in [0, 0.1) is 18.3 Å². The molecule has 2 rings (SSSR count). The fourth-order valence-corrected chi connectivity index (χ4v) is 2.63. The molecule has 0 saturated carbocycles. The van der Waals surface area contributed by atoms with Gasteiger partial charge < -0.3 is 9.80 Å². The Morgan fingerprint density at radius 1 is 1.33 bits per heavy atom. The Balaban J connectivity index is 2.18. The van der Waals surface area contributed by atoms with E-state index in [1.165, 1.54) is 12.8 Å². The molecule has 1 aliphatic rings. The van der Waals surface area contributed by atoms with Gasteiger partial charge in [-0.1, -0.05) is 6.07 Å². The van der Waals surface area contributed by atoms with Crippen LogP contribution in [-0.2, 0) is 0 Å². The van der Waals surface area contributed by atoms with Crippen LogP contribution < -0.4 is 4.90 Å². The number of anilines is 1. The summed E-state index contributed by atoms with van der Waals surface area (Å²) in [4.78, 5) is 4.65. The predicted octanol–water partition coefficient (Wildman–Crippen LogP) is 2.40. The molecule has 0 N–H and O–H groups in total. The zero-order valence-electron chi connectivity index (χ0n) is 11.5. The van der Waals surface area contributed by atoms with Gasteiger partial charge in [-0.3, -0.25) is 0 Å². The second-order valence-electron chi connectivity index (χ2n) is 5.28. The van der Waals surface area contributed by atoms with Crippen molar-refractivity contribution in [3.8, 4) is 6.07 Å². The minimum Gasteiger partial charge on any atom is -0.370 e. The van der Waals surface area contributed by atoms with Gasteiger partial charge in [0.1, 0.15) is 6.07 Å².